The molecule has 138 valence electrons. The number of nitrogens with two attached hydrogens (primary N) is 1. The Labute approximate surface area is 145 Å². The monoisotopic (exact) mass is 353 g/mol. The van der Waals surface area contributed by atoms with Crippen LogP contribution in [0.15, 0.2) is 0 Å². The third-order valence-electron chi connectivity index (χ3n) is 4.54. The number of amides is 1. The minimum Gasteiger partial charge on any atom is -0.450 e. The molecule has 0 spiro atoms. The lowest BCUT2D eigenvalue weighted by Gasteiger charge is -2.37. The fraction of sp³-hybridized carbons (Fsp3) is 0.688. The lowest BCUT2D eigenvalue weighted by molar-refractivity contribution is 0.0720. The summed E-state index contributed by atoms with van der Waals surface area (Å²) in [7, 11) is 1.85. The van der Waals surface area contributed by atoms with Gasteiger partial charge in [-0.25, -0.2) is 14.2 Å². The van der Waals surface area contributed by atoms with E-state index in [4.69, 9.17) is 10.5 Å². The summed E-state index contributed by atoms with van der Waals surface area (Å²) in [6, 6.07) is 0. The van der Waals surface area contributed by atoms with Gasteiger partial charge in [0.15, 0.2) is 0 Å². The molecule has 2 aliphatic rings. The van der Waals surface area contributed by atoms with Crippen molar-refractivity contribution in [2.24, 2.45) is 5.73 Å². The normalized spacial score (nSPS) is 17.5. The van der Waals surface area contributed by atoms with Crippen molar-refractivity contribution in [3.63, 3.8) is 0 Å². The number of primary amides is 1. The van der Waals surface area contributed by atoms with Crippen molar-refractivity contribution in [1.82, 2.24) is 9.97 Å². The van der Waals surface area contributed by atoms with E-state index in [0.29, 0.717) is 57.3 Å². The Balaban J connectivity index is 1.65. The molecule has 1 fully saturated rings. The summed E-state index contributed by atoms with van der Waals surface area (Å²) in [6.45, 7) is 1.96. The third-order valence-corrected chi connectivity index (χ3v) is 4.54. The van der Waals surface area contributed by atoms with Gasteiger partial charge in [-0.3, -0.25) is 0 Å². The van der Waals surface area contributed by atoms with Gasteiger partial charge in [0.2, 0.25) is 5.95 Å². The molecule has 0 atom stereocenters. The maximum absolute atomic E-state index is 14.5. The molecule has 9 heteroatoms. The van der Waals surface area contributed by atoms with E-state index in [0.717, 1.165) is 17.7 Å². The first-order valence-corrected chi connectivity index (χ1v) is 8.50. The van der Waals surface area contributed by atoms with Gasteiger partial charge in [-0.1, -0.05) is 0 Å². The predicted octanol–water partition coefficient (Wildman–Crippen LogP) is 1.73. The number of aromatic nitrogens is 2. The third kappa shape index (κ3) is 4.28. The van der Waals surface area contributed by atoms with Crippen LogP contribution in [0.1, 0.15) is 36.9 Å². The van der Waals surface area contributed by atoms with Gasteiger partial charge in [0.25, 0.3) is 0 Å². The number of nitrogens with zero attached hydrogens (tertiary/aromatic N) is 3. The van der Waals surface area contributed by atoms with Crippen LogP contribution in [-0.2, 0) is 22.7 Å². The maximum atomic E-state index is 14.5. The molecular formula is C16H24FN5O3. The number of hydrogen-bond acceptors (Lipinski definition) is 7. The highest BCUT2D eigenvalue weighted by Gasteiger charge is 2.39. The fourth-order valence-corrected chi connectivity index (χ4v) is 3.09. The molecule has 1 amide bonds. The number of halogens is 1. The van der Waals surface area contributed by atoms with Gasteiger partial charge in [-0.2, -0.15) is 4.98 Å². The molecule has 0 radical (unpaired) electrons. The van der Waals surface area contributed by atoms with Crippen molar-refractivity contribution < 1.29 is 18.7 Å². The van der Waals surface area contributed by atoms with E-state index in [1.807, 2.05) is 11.9 Å². The van der Waals surface area contributed by atoms with Gasteiger partial charge in [0.05, 0.1) is 32.1 Å². The van der Waals surface area contributed by atoms with E-state index in [-0.39, 0.29) is 6.61 Å². The number of carbonyl (C=O) groups is 1. The second-order valence-corrected chi connectivity index (χ2v) is 6.60. The second kappa shape index (κ2) is 7.38. The smallest absolute Gasteiger partial charge is 0.404 e. The first-order chi connectivity index (χ1) is 12.0. The fourth-order valence-electron chi connectivity index (χ4n) is 3.09. The first-order valence-electron chi connectivity index (χ1n) is 8.50. The van der Waals surface area contributed by atoms with E-state index < -0.39 is 11.8 Å². The van der Waals surface area contributed by atoms with Gasteiger partial charge in [-0.15, -0.1) is 0 Å². The molecule has 2 heterocycles. The Hall–Kier alpha value is -2.16. The quantitative estimate of drug-likeness (QED) is 0.686. The number of nitrogens with one attached hydrogen (secondary N) is 1. The summed E-state index contributed by atoms with van der Waals surface area (Å²) >= 11 is 0. The number of rotatable bonds is 8. The Morgan fingerprint density at radius 3 is 2.92 bits per heavy atom. The molecule has 0 unspecified atom stereocenters. The Morgan fingerprint density at radius 1 is 1.44 bits per heavy atom. The zero-order chi connectivity index (χ0) is 17.9. The van der Waals surface area contributed by atoms with E-state index in [9.17, 15) is 9.18 Å². The minimum absolute atomic E-state index is 0.230. The van der Waals surface area contributed by atoms with Gasteiger partial charge < -0.3 is 25.4 Å². The molecule has 1 aliphatic heterocycles. The standard InChI is InChI=1S/C16H24FN5O3/c1-22(10-16(17)4-2-5-16)13-11-8-24-9-12(11)20-15(21-13)19-6-3-7-25-14(18)23/h2-10H2,1H3,(H2,18,23)(H,19,20,21). The van der Waals surface area contributed by atoms with E-state index in [1.165, 1.54) is 0 Å². The van der Waals surface area contributed by atoms with Crippen LogP contribution < -0.4 is 16.0 Å². The van der Waals surface area contributed by atoms with Crippen LogP contribution in [0.3, 0.4) is 0 Å². The Bertz CT molecular complexity index is 638. The molecule has 0 aromatic carbocycles. The zero-order valence-corrected chi connectivity index (χ0v) is 14.4. The van der Waals surface area contributed by atoms with Crippen LogP contribution in [0.25, 0.3) is 0 Å². The van der Waals surface area contributed by atoms with Crippen LogP contribution in [0, 0.1) is 0 Å². The SMILES string of the molecule is CN(CC1(F)CCC1)c1nc(NCCCOC(N)=O)nc2c1COC2. The average Bonchev–Trinajstić information content (AvgIpc) is 3.00. The molecule has 3 N–H and O–H groups in total. The van der Waals surface area contributed by atoms with Crippen LogP contribution in [-0.4, -0.2) is 48.5 Å². The molecule has 1 aromatic heterocycles. The molecule has 1 saturated carbocycles. The molecule has 8 nitrogen and oxygen atoms in total. The van der Waals surface area contributed by atoms with Crippen molar-refractivity contribution >= 4 is 17.9 Å². The summed E-state index contributed by atoms with van der Waals surface area (Å²) in [5.41, 5.74) is 5.54. The number of hydrogen-bond donors (Lipinski definition) is 2. The molecule has 1 aromatic rings. The highest BCUT2D eigenvalue weighted by Crippen LogP contribution is 2.38. The van der Waals surface area contributed by atoms with Crippen LogP contribution in [0.2, 0.25) is 0 Å². The number of anilines is 2. The van der Waals surface area contributed by atoms with Crippen LogP contribution in [0.5, 0.6) is 0 Å². The average molecular weight is 353 g/mol. The maximum Gasteiger partial charge on any atom is 0.404 e. The van der Waals surface area contributed by atoms with Crippen molar-refractivity contribution in [3.8, 4) is 0 Å². The van der Waals surface area contributed by atoms with Crippen molar-refractivity contribution in [2.45, 2.75) is 44.6 Å². The van der Waals surface area contributed by atoms with Gasteiger partial charge >= 0.3 is 6.09 Å². The highest BCUT2D eigenvalue weighted by atomic mass is 19.1. The van der Waals surface area contributed by atoms with Crippen LogP contribution >= 0.6 is 0 Å². The number of fused-ring (bicyclic) bond motifs is 1. The molecule has 0 saturated heterocycles. The summed E-state index contributed by atoms with van der Waals surface area (Å²) < 4.78 is 24.6. The molecular weight excluding hydrogens is 329 g/mol. The van der Waals surface area contributed by atoms with Crippen molar-refractivity contribution in [3.05, 3.63) is 11.3 Å². The Kier molecular flexibility index (Phi) is 5.22. The molecule has 0 bridgehead atoms. The van der Waals surface area contributed by atoms with Gasteiger partial charge in [-0.05, 0) is 25.7 Å². The highest BCUT2D eigenvalue weighted by molar-refractivity contribution is 5.64. The van der Waals surface area contributed by atoms with Gasteiger partial charge in [0.1, 0.15) is 11.5 Å². The van der Waals surface area contributed by atoms with Gasteiger partial charge in [0, 0.05) is 19.2 Å². The molecule has 25 heavy (non-hydrogen) atoms. The van der Waals surface area contributed by atoms with E-state index in [1.54, 1.807) is 0 Å². The lowest BCUT2D eigenvalue weighted by atomic mass is 9.82. The summed E-state index contributed by atoms with van der Waals surface area (Å²) in [5.74, 6) is 1.18. The van der Waals surface area contributed by atoms with E-state index in [2.05, 4.69) is 20.0 Å². The predicted molar refractivity (Wildman–Crippen MR) is 90.1 cm³/mol. The number of ether oxygens (including phenoxy) is 2. The zero-order valence-electron chi connectivity index (χ0n) is 14.4. The summed E-state index contributed by atoms with van der Waals surface area (Å²) in [5, 5.41) is 3.10. The number of carbonyl (C=O) groups excluding carboxylic acids is 1. The summed E-state index contributed by atoms with van der Waals surface area (Å²) in [4.78, 5) is 21.4. The van der Waals surface area contributed by atoms with Crippen molar-refractivity contribution in [1.29, 1.82) is 0 Å². The van der Waals surface area contributed by atoms with Crippen LogP contribution in [0.4, 0.5) is 21.0 Å². The lowest BCUT2D eigenvalue weighted by Crippen LogP contribution is -2.43. The van der Waals surface area contributed by atoms with E-state index >= 15 is 0 Å². The molecule has 3 rings (SSSR count). The largest absolute Gasteiger partial charge is 0.450 e. The summed E-state index contributed by atoms with van der Waals surface area (Å²) in [6.07, 6.45) is 1.94. The minimum atomic E-state index is -1.12. The molecule has 1 aliphatic carbocycles. The first kappa shape index (κ1) is 17.7. The van der Waals surface area contributed by atoms with Crippen molar-refractivity contribution in [2.75, 3.05) is 37.0 Å². The Morgan fingerprint density at radius 2 is 2.24 bits per heavy atom. The second-order valence-electron chi connectivity index (χ2n) is 6.60. The number of alkyl halides is 1. The topological polar surface area (TPSA) is 103 Å².